The summed E-state index contributed by atoms with van der Waals surface area (Å²) in [6, 6.07) is 0. The van der Waals surface area contributed by atoms with E-state index in [9.17, 15) is 0 Å². The highest BCUT2D eigenvalue weighted by molar-refractivity contribution is 5.82. The molecular formula is C19H27N5. The lowest BCUT2D eigenvalue weighted by atomic mass is 9.44. The number of fused-ring (bicyclic) bond motifs is 1. The summed E-state index contributed by atoms with van der Waals surface area (Å²) in [6.45, 7) is 4.88. The molecule has 4 bridgehead atoms. The first kappa shape index (κ1) is 14.7. The summed E-state index contributed by atoms with van der Waals surface area (Å²) in [6.07, 6.45) is 11.9. The Morgan fingerprint density at radius 3 is 2.54 bits per heavy atom. The fourth-order valence-electron chi connectivity index (χ4n) is 6.61. The van der Waals surface area contributed by atoms with Crippen LogP contribution in [0.15, 0.2) is 12.7 Å². The summed E-state index contributed by atoms with van der Waals surface area (Å²) in [4.78, 5) is 13.6. The van der Waals surface area contributed by atoms with Crippen LogP contribution in [0.2, 0.25) is 0 Å². The summed E-state index contributed by atoms with van der Waals surface area (Å²) in [5.74, 6) is 3.37. The Morgan fingerprint density at radius 2 is 1.88 bits per heavy atom. The van der Waals surface area contributed by atoms with Gasteiger partial charge in [0.25, 0.3) is 0 Å². The third-order valence-corrected chi connectivity index (χ3v) is 7.38. The second-order valence-corrected chi connectivity index (χ2v) is 8.96. The molecule has 2 heterocycles. The van der Waals surface area contributed by atoms with E-state index < -0.39 is 0 Å². The third-order valence-electron chi connectivity index (χ3n) is 7.38. The highest BCUT2D eigenvalue weighted by atomic mass is 15.2. The van der Waals surface area contributed by atoms with Crippen LogP contribution < -0.4 is 5.32 Å². The van der Waals surface area contributed by atoms with Gasteiger partial charge in [-0.2, -0.15) is 0 Å². The zero-order valence-electron chi connectivity index (χ0n) is 14.9. The van der Waals surface area contributed by atoms with Crippen molar-refractivity contribution in [1.82, 2.24) is 19.5 Å². The lowest BCUT2D eigenvalue weighted by molar-refractivity contribution is -0.121. The summed E-state index contributed by atoms with van der Waals surface area (Å²) in [5, 5.41) is 3.16. The van der Waals surface area contributed by atoms with Gasteiger partial charge in [-0.05, 0) is 61.7 Å². The number of rotatable bonds is 3. The number of nitrogens with one attached hydrogen (secondary N) is 1. The smallest absolute Gasteiger partial charge is 0.165 e. The molecule has 2 aromatic rings. The first-order valence-corrected chi connectivity index (χ1v) is 9.42. The Bertz CT molecular complexity index is 778. The molecule has 0 radical (unpaired) electrons. The number of imidazole rings is 1. The maximum absolute atomic E-state index is 4.69. The van der Waals surface area contributed by atoms with Crippen LogP contribution in [0.25, 0.3) is 11.2 Å². The number of anilines is 1. The molecule has 4 fully saturated rings. The van der Waals surface area contributed by atoms with Gasteiger partial charge in [0.2, 0.25) is 0 Å². The van der Waals surface area contributed by atoms with E-state index in [4.69, 9.17) is 0 Å². The van der Waals surface area contributed by atoms with Crippen molar-refractivity contribution in [2.75, 3.05) is 12.4 Å². The first-order valence-electron chi connectivity index (χ1n) is 9.42. The van der Waals surface area contributed by atoms with Crippen LogP contribution in [0.3, 0.4) is 0 Å². The molecule has 5 nitrogen and oxygen atoms in total. The van der Waals surface area contributed by atoms with Gasteiger partial charge in [-0.1, -0.05) is 13.8 Å². The van der Waals surface area contributed by atoms with Gasteiger partial charge in [-0.15, -0.1) is 0 Å². The SMILES string of the molecule is CNc1ncnc2c1ncn2C12CC3CC(CC(C(C)C)(C3)C1)C2. The van der Waals surface area contributed by atoms with Crippen LogP contribution >= 0.6 is 0 Å². The molecule has 5 heteroatoms. The molecule has 128 valence electrons. The van der Waals surface area contributed by atoms with Crippen molar-refractivity contribution in [3.8, 4) is 0 Å². The lowest BCUT2D eigenvalue weighted by Crippen LogP contribution is -2.57. The number of aromatic nitrogens is 4. The van der Waals surface area contributed by atoms with Gasteiger partial charge >= 0.3 is 0 Å². The molecule has 4 aliphatic rings. The van der Waals surface area contributed by atoms with Gasteiger partial charge in [-0.25, -0.2) is 15.0 Å². The highest BCUT2D eigenvalue weighted by Gasteiger charge is 2.59. The molecule has 2 unspecified atom stereocenters. The van der Waals surface area contributed by atoms with Gasteiger partial charge < -0.3 is 9.88 Å². The van der Waals surface area contributed by atoms with Crippen molar-refractivity contribution in [2.45, 2.75) is 57.9 Å². The van der Waals surface area contributed by atoms with E-state index in [-0.39, 0.29) is 5.54 Å². The van der Waals surface area contributed by atoms with E-state index in [2.05, 4.69) is 38.7 Å². The van der Waals surface area contributed by atoms with E-state index >= 15 is 0 Å². The summed E-state index contributed by atoms with van der Waals surface area (Å²) in [7, 11) is 1.90. The molecule has 0 amide bonds. The fourth-order valence-corrected chi connectivity index (χ4v) is 6.61. The summed E-state index contributed by atoms with van der Waals surface area (Å²) >= 11 is 0. The van der Waals surface area contributed by atoms with Crippen LogP contribution in [0.4, 0.5) is 5.82 Å². The van der Waals surface area contributed by atoms with E-state index in [0.29, 0.717) is 5.41 Å². The molecule has 2 atom stereocenters. The minimum Gasteiger partial charge on any atom is -0.371 e. The quantitative estimate of drug-likeness (QED) is 0.932. The molecule has 4 aliphatic carbocycles. The minimum absolute atomic E-state index is 0.225. The molecule has 2 aromatic heterocycles. The van der Waals surface area contributed by atoms with Crippen LogP contribution in [0, 0.1) is 23.2 Å². The fraction of sp³-hybridized carbons (Fsp3) is 0.737. The van der Waals surface area contributed by atoms with E-state index in [0.717, 1.165) is 34.7 Å². The van der Waals surface area contributed by atoms with Gasteiger partial charge in [0.05, 0.1) is 6.33 Å². The molecule has 24 heavy (non-hydrogen) atoms. The van der Waals surface area contributed by atoms with E-state index in [1.165, 1.54) is 38.5 Å². The topological polar surface area (TPSA) is 55.6 Å². The van der Waals surface area contributed by atoms with Gasteiger partial charge in [0.15, 0.2) is 11.5 Å². The number of hydrogen-bond acceptors (Lipinski definition) is 4. The predicted octanol–water partition coefficient (Wildman–Crippen LogP) is 3.82. The summed E-state index contributed by atoms with van der Waals surface area (Å²) in [5.41, 5.74) is 2.67. The maximum Gasteiger partial charge on any atom is 0.165 e. The molecule has 0 spiro atoms. The Kier molecular flexibility index (Phi) is 2.88. The second-order valence-electron chi connectivity index (χ2n) is 8.96. The van der Waals surface area contributed by atoms with E-state index in [1.54, 1.807) is 6.33 Å². The molecule has 1 N–H and O–H groups in total. The first-order chi connectivity index (χ1) is 11.6. The third kappa shape index (κ3) is 1.78. The molecular weight excluding hydrogens is 298 g/mol. The number of hydrogen-bond donors (Lipinski definition) is 1. The maximum atomic E-state index is 4.69. The normalized spacial score (nSPS) is 37.5. The zero-order chi connectivity index (χ0) is 16.5. The monoisotopic (exact) mass is 325 g/mol. The van der Waals surface area contributed by atoms with Crippen molar-refractivity contribution in [2.24, 2.45) is 23.2 Å². The van der Waals surface area contributed by atoms with Crippen molar-refractivity contribution < 1.29 is 0 Å². The van der Waals surface area contributed by atoms with Crippen molar-refractivity contribution in [3.63, 3.8) is 0 Å². The predicted molar refractivity (Wildman–Crippen MR) is 94.8 cm³/mol. The van der Waals surface area contributed by atoms with Crippen LogP contribution in [0.1, 0.15) is 52.4 Å². The average molecular weight is 325 g/mol. The average Bonchev–Trinajstić information content (AvgIpc) is 2.98. The lowest BCUT2D eigenvalue weighted by Gasteiger charge is -2.64. The zero-order valence-corrected chi connectivity index (χ0v) is 14.9. The Morgan fingerprint density at radius 1 is 1.12 bits per heavy atom. The second kappa shape index (κ2) is 4.70. The van der Waals surface area contributed by atoms with Gasteiger partial charge in [0.1, 0.15) is 11.8 Å². The Hall–Kier alpha value is -1.65. The largest absolute Gasteiger partial charge is 0.371 e. The molecule has 4 saturated carbocycles. The standard InChI is InChI=1S/C19H27N5/c1-12(2)18-5-13-4-14(6-18)8-19(7-13,9-18)24-11-23-15-16(20-3)21-10-22-17(15)24/h10-14H,4-9H2,1-3H3,(H,20,21,22). The Balaban J connectivity index is 1.67. The van der Waals surface area contributed by atoms with Gasteiger partial charge in [-0.3, -0.25) is 0 Å². The Labute approximate surface area is 143 Å². The molecule has 0 aliphatic heterocycles. The van der Waals surface area contributed by atoms with Crippen molar-refractivity contribution in [1.29, 1.82) is 0 Å². The highest BCUT2D eigenvalue weighted by Crippen LogP contribution is 2.66. The van der Waals surface area contributed by atoms with Crippen molar-refractivity contribution in [3.05, 3.63) is 12.7 Å². The molecule has 0 saturated heterocycles. The van der Waals surface area contributed by atoms with Gasteiger partial charge in [0, 0.05) is 12.6 Å². The van der Waals surface area contributed by atoms with Crippen LogP contribution in [-0.4, -0.2) is 26.6 Å². The van der Waals surface area contributed by atoms with E-state index in [1.807, 2.05) is 13.4 Å². The number of nitrogens with zero attached hydrogens (tertiary/aromatic N) is 4. The van der Waals surface area contributed by atoms with Crippen molar-refractivity contribution >= 4 is 17.0 Å². The van der Waals surface area contributed by atoms with Crippen LogP contribution in [0.5, 0.6) is 0 Å². The minimum atomic E-state index is 0.225. The summed E-state index contributed by atoms with van der Waals surface area (Å²) < 4.78 is 2.43. The molecule has 6 rings (SSSR count). The molecule has 0 aromatic carbocycles. The van der Waals surface area contributed by atoms with Crippen LogP contribution in [-0.2, 0) is 5.54 Å².